The van der Waals surface area contributed by atoms with Crippen molar-refractivity contribution in [3.63, 3.8) is 0 Å². The van der Waals surface area contributed by atoms with E-state index in [9.17, 15) is 0 Å². The Hall–Kier alpha value is -1.48. The number of imidazole rings is 1. The van der Waals surface area contributed by atoms with Crippen molar-refractivity contribution in [3.05, 3.63) is 48.0 Å². The molecule has 0 atom stereocenters. The molecule has 16 heavy (non-hydrogen) atoms. The SMILES string of the molecule is COc1ccccc1Cn1cnc(CCl)c1. The van der Waals surface area contributed by atoms with Crippen LogP contribution in [0.15, 0.2) is 36.8 Å². The maximum atomic E-state index is 5.70. The molecule has 0 saturated heterocycles. The fourth-order valence-corrected chi connectivity index (χ4v) is 1.73. The van der Waals surface area contributed by atoms with Crippen molar-refractivity contribution in [2.24, 2.45) is 0 Å². The maximum Gasteiger partial charge on any atom is 0.123 e. The van der Waals surface area contributed by atoms with Crippen LogP contribution < -0.4 is 4.74 Å². The molecule has 0 unspecified atom stereocenters. The Bertz CT molecular complexity index is 468. The first-order valence-corrected chi connectivity index (χ1v) is 5.55. The van der Waals surface area contributed by atoms with Crippen molar-refractivity contribution in [2.45, 2.75) is 12.4 Å². The van der Waals surface area contributed by atoms with Crippen LogP contribution in [0, 0.1) is 0 Å². The van der Waals surface area contributed by atoms with E-state index in [-0.39, 0.29) is 0 Å². The van der Waals surface area contributed by atoms with E-state index in [0.717, 1.165) is 23.6 Å². The highest BCUT2D eigenvalue weighted by atomic mass is 35.5. The summed E-state index contributed by atoms with van der Waals surface area (Å²) in [6.07, 6.45) is 3.73. The molecule has 4 heteroatoms. The summed E-state index contributed by atoms with van der Waals surface area (Å²) in [6.45, 7) is 0.744. The zero-order valence-corrected chi connectivity index (χ0v) is 9.81. The largest absolute Gasteiger partial charge is 0.496 e. The highest BCUT2D eigenvalue weighted by molar-refractivity contribution is 6.16. The summed E-state index contributed by atoms with van der Waals surface area (Å²) in [5.74, 6) is 1.34. The van der Waals surface area contributed by atoms with Crippen molar-refractivity contribution >= 4 is 11.6 Å². The molecule has 84 valence electrons. The highest BCUT2D eigenvalue weighted by Crippen LogP contribution is 2.18. The minimum absolute atomic E-state index is 0.443. The molecule has 0 spiro atoms. The lowest BCUT2D eigenvalue weighted by molar-refractivity contribution is 0.408. The lowest BCUT2D eigenvalue weighted by Crippen LogP contribution is -1.99. The van der Waals surface area contributed by atoms with Crippen LogP contribution in [0.5, 0.6) is 5.75 Å². The molecular formula is C12H13ClN2O. The van der Waals surface area contributed by atoms with Crippen molar-refractivity contribution < 1.29 is 4.74 Å². The number of rotatable bonds is 4. The van der Waals surface area contributed by atoms with Crippen LogP contribution in [0.2, 0.25) is 0 Å². The maximum absolute atomic E-state index is 5.70. The van der Waals surface area contributed by atoms with Gasteiger partial charge in [0, 0.05) is 11.8 Å². The summed E-state index contributed by atoms with van der Waals surface area (Å²) in [5.41, 5.74) is 2.01. The Morgan fingerprint density at radius 3 is 2.88 bits per heavy atom. The third kappa shape index (κ3) is 2.36. The van der Waals surface area contributed by atoms with E-state index in [4.69, 9.17) is 16.3 Å². The first-order valence-electron chi connectivity index (χ1n) is 5.02. The van der Waals surface area contributed by atoms with E-state index < -0.39 is 0 Å². The Morgan fingerprint density at radius 1 is 1.38 bits per heavy atom. The molecule has 0 radical (unpaired) electrons. The van der Waals surface area contributed by atoms with Crippen LogP contribution in [0.25, 0.3) is 0 Å². The topological polar surface area (TPSA) is 27.1 Å². The van der Waals surface area contributed by atoms with Gasteiger partial charge in [0.15, 0.2) is 0 Å². The van der Waals surface area contributed by atoms with Crippen LogP contribution in [0.1, 0.15) is 11.3 Å². The fraction of sp³-hybridized carbons (Fsp3) is 0.250. The molecule has 0 bridgehead atoms. The van der Waals surface area contributed by atoms with Crippen molar-refractivity contribution in [1.82, 2.24) is 9.55 Å². The number of halogens is 1. The van der Waals surface area contributed by atoms with Gasteiger partial charge in [-0.3, -0.25) is 0 Å². The van der Waals surface area contributed by atoms with Crippen molar-refractivity contribution in [2.75, 3.05) is 7.11 Å². The van der Waals surface area contributed by atoms with Gasteiger partial charge >= 0.3 is 0 Å². The molecular weight excluding hydrogens is 224 g/mol. The van der Waals surface area contributed by atoms with E-state index >= 15 is 0 Å². The number of ether oxygens (including phenoxy) is 1. The summed E-state index contributed by atoms with van der Waals surface area (Å²) in [4.78, 5) is 4.18. The minimum Gasteiger partial charge on any atom is -0.496 e. The summed E-state index contributed by atoms with van der Waals surface area (Å²) >= 11 is 5.70. The summed E-state index contributed by atoms with van der Waals surface area (Å²) in [5, 5.41) is 0. The van der Waals surface area contributed by atoms with Gasteiger partial charge in [-0.2, -0.15) is 0 Å². The number of benzene rings is 1. The standard InChI is InChI=1S/C12H13ClN2O/c1-16-12-5-3-2-4-10(12)7-15-8-11(6-13)14-9-15/h2-5,8-9H,6-7H2,1H3. The summed E-state index contributed by atoms with van der Waals surface area (Å²) in [7, 11) is 1.68. The van der Waals surface area contributed by atoms with Gasteiger partial charge in [0.05, 0.1) is 31.6 Å². The lowest BCUT2D eigenvalue weighted by Gasteiger charge is -2.08. The lowest BCUT2D eigenvalue weighted by atomic mass is 10.2. The number of para-hydroxylation sites is 1. The van der Waals surface area contributed by atoms with Gasteiger partial charge in [0.1, 0.15) is 5.75 Å². The smallest absolute Gasteiger partial charge is 0.123 e. The number of aromatic nitrogens is 2. The van der Waals surface area contributed by atoms with Gasteiger partial charge in [-0.25, -0.2) is 4.98 Å². The highest BCUT2D eigenvalue weighted by Gasteiger charge is 2.03. The minimum atomic E-state index is 0.443. The molecule has 0 aliphatic heterocycles. The van der Waals surface area contributed by atoms with Crippen LogP contribution in [0.3, 0.4) is 0 Å². The number of alkyl halides is 1. The van der Waals surface area contributed by atoms with Gasteiger partial charge in [-0.1, -0.05) is 18.2 Å². The molecule has 2 aromatic rings. The number of hydrogen-bond donors (Lipinski definition) is 0. The number of methoxy groups -OCH3 is 1. The Morgan fingerprint density at radius 2 is 2.19 bits per heavy atom. The van der Waals surface area contributed by atoms with Crippen molar-refractivity contribution in [3.8, 4) is 5.75 Å². The molecule has 2 rings (SSSR count). The fourth-order valence-electron chi connectivity index (χ4n) is 1.59. The van der Waals surface area contributed by atoms with Crippen LogP contribution in [-0.2, 0) is 12.4 Å². The summed E-state index contributed by atoms with van der Waals surface area (Å²) < 4.78 is 7.29. The Balaban J connectivity index is 2.19. The van der Waals surface area contributed by atoms with Gasteiger partial charge < -0.3 is 9.30 Å². The molecule has 0 N–H and O–H groups in total. The average Bonchev–Trinajstić information content (AvgIpc) is 2.77. The van der Waals surface area contributed by atoms with Crippen molar-refractivity contribution in [1.29, 1.82) is 0 Å². The van der Waals surface area contributed by atoms with E-state index in [2.05, 4.69) is 4.98 Å². The van der Waals surface area contributed by atoms with Gasteiger partial charge in [-0.15, -0.1) is 11.6 Å². The molecule has 0 aliphatic carbocycles. The Kier molecular flexibility index (Phi) is 3.47. The first-order chi connectivity index (χ1) is 7.83. The summed E-state index contributed by atoms with van der Waals surface area (Å²) in [6, 6.07) is 7.95. The second-order valence-electron chi connectivity index (χ2n) is 3.48. The molecule has 0 fully saturated rings. The quantitative estimate of drug-likeness (QED) is 0.764. The average molecular weight is 237 g/mol. The normalized spacial score (nSPS) is 10.4. The van der Waals surface area contributed by atoms with Gasteiger partial charge in [-0.05, 0) is 6.07 Å². The molecule has 0 saturated carbocycles. The molecule has 1 heterocycles. The zero-order valence-electron chi connectivity index (χ0n) is 9.06. The number of hydrogen-bond acceptors (Lipinski definition) is 2. The second-order valence-corrected chi connectivity index (χ2v) is 3.75. The molecule has 3 nitrogen and oxygen atoms in total. The third-order valence-corrected chi connectivity index (χ3v) is 2.64. The third-order valence-electron chi connectivity index (χ3n) is 2.37. The molecule has 0 amide bonds. The van der Waals surface area contributed by atoms with Crippen LogP contribution in [-0.4, -0.2) is 16.7 Å². The molecule has 1 aromatic carbocycles. The number of nitrogens with zero attached hydrogens (tertiary/aromatic N) is 2. The van der Waals surface area contributed by atoms with Gasteiger partial charge in [0.2, 0.25) is 0 Å². The molecule has 0 aliphatic rings. The van der Waals surface area contributed by atoms with E-state index in [1.165, 1.54) is 0 Å². The van der Waals surface area contributed by atoms with Crippen LogP contribution in [0.4, 0.5) is 0 Å². The predicted molar refractivity (Wildman–Crippen MR) is 63.9 cm³/mol. The zero-order chi connectivity index (χ0) is 11.4. The predicted octanol–water partition coefficient (Wildman–Crippen LogP) is 2.68. The second kappa shape index (κ2) is 5.03. The van der Waals surface area contributed by atoms with E-state index in [1.54, 1.807) is 13.4 Å². The molecule has 1 aromatic heterocycles. The first kappa shape index (κ1) is 11.0. The van der Waals surface area contributed by atoms with Gasteiger partial charge in [0.25, 0.3) is 0 Å². The van der Waals surface area contributed by atoms with E-state index in [0.29, 0.717) is 5.88 Å². The Labute approximate surface area is 99.6 Å². The van der Waals surface area contributed by atoms with Crippen LogP contribution >= 0.6 is 11.6 Å². The monoisotopic (exact) mass is 236 g/mol. The van der Waals surface area contributed by atoms with E-state index in [1.807, 2.05) is 35.0 Å².